The maximum absolute atomic E-state index is 4.38. The molecule has 104 valence electrons. The van der Waals surface area contributed by atoms with Gasteiger partial charge in [0, 0.05) is 25.0 Å². The molecule has 1 aliphatic carbocycles. The van der Waals surface area contributed by atoms with Crippen molar-refractivity contribution >= 4 is 5.69 Å². The number of nitrogens with zero attached hydrogens (tertiary/aromatic N) is 3. The molecule has 0 bridgehead atoms. The maximum atomic E-state index is 4.38. The standard InChI is InChI=1S/C15H24N4/c1-16-13-7-8-19(11-13)14-9-15(18-17-10-14)12-5-3-2-4-6-12/h9-10,12-13,16H,2-8,11H2,1H3/t13-/m1/s1. The second-order valence-corrected chi connectivity index (χ2v) is 5.89. The van der Waals surface area contributed by atoms with Gasteiger partial charge in [0.15, 0.2) is 0 Å². The van der Waals surface area contributed by atoms with Crippen molar-refractivity contribution in [1.82, 2.24) is 15.5 Å². The predicted octanol–water partition coefficient (Wildman–Crippen LogP) is 2.32. The zero-order valence-corrected chi connectivity index (χ0v) is 11.8. The number of likely N-dealkylation sites (N-methyl/N-ethyl adjacent to an activating group) is 1. The smallest absolute Gasteiger partial charge is 0.0730 e. The highest BCUT2D eigenvalue weighted by molar-refractivity contribution is 5.46. The largest absolute Gasteiger partial charge is 0.369 e. The highest BCUT2D eigenvalue weighted by atomic mass is 15.2. The minimum Gasteiger partial charge on any atom is -0.369 e. The molecule has 0 radical (unpaired) electrons. The van der Waals surface area contributed by atoms with E-state index in [1.165, 1.54) is 49.9 Å². The minimum atomic E-state index is 0.617. The number of anilines is 1. The summed E-state index contributed by atoms with van der Waals surface area (Å²) in [5, 5.41) is 12.0. The summed E-state index contributed by atoms with van der Waals surface area (Å²) in [6.07, 6.45) is 9.81. The highest BCUT2D eigenvalue weighted by Crippen LogP contribution is 2.32. The Balaban J connectivity index is 1.72. The van der Waals surface area contributed by atoms with Crippen LogP contribution in [0.2, 0.25) is 0 Å². The molecule has 4 heteroatoms. The van der Waals surface area contributed by atoms with E-state index in [4.69, 9.17) is 0 Å². The van der Waals surface area contributed by atoms with E-state index in [0.29, 0.717) is 12.0 Å². The number of rotatable bonds is 3. The Hall–Kier alpha value is -1.16. The van der Waals surface area contributed by atoms with Crippen LogP contribution in [0.5, 0.6) is 0 Å². The van der Waals surface area contributed by atoms with Crippen LogP contribution in [-0.2, 0) is 0 Å². The molecule has 0 aromatic carbocycles. The molecule has 3 rings (SSSR count). The fourth-order valence-corrected chi connectivity index (χ4v) is 3.37. The van der Waals surface area contributed by atoms with E-state index in [-0.39, 0.29) is 0 Å². The Labute approximate surface area is 115 Å². The average molecular weight is 260 g/mol. The lowest BCUT2D eigenvalue weighted by atomic mass is 9.87. The normalized spacial score (nSPS) is 24.9. The SMILES string of the molecule is CN[C@@H]1CCN(c2cnnc(C3CCCCC3)c2)C1. The Kier molecular flexibility index (Phi) is 3.97. The summed E-state index contributed by atoms with van der Waals surface area (Å²) in [7, 11) is 2.05. The van der Waals surface area contributed by atoms with Gasteiger partial charge in [-0.05, 0) is 32.4 Å². The van der Waals surface area contributed by atoms with Crippen molar-refractivity contribution < 1.29 is 0 Å². The van der Waals surface area contributed by atoms with Crippen LogP contribution < -0.4 is 10.2 Å². The minimum absolute atomic E-state index is 0.617. The molecular weight excluding hydrogens is 236 g/mol. The van der Waals surface area contributed by atoms with Crippen molar-refractivity contribution in [3.8, 4) is 0 Å². The van der Waals surface area contributed by atoms with Gasteiger partial charge in [-0.1, -0.05) is 19.3 Å². The van der Waals surface area contributed by atoms with E-state index < -0.39 is 0 Å². The molecule has 1 saturated heterocycles. The number of nitrogens with one attached hydrogen (secondary N) is 1. The van der Waals surface area contributed by atoms with Crippen molar-refractivity contribution in [2.24, 2.45) is 0 Å². The third kappa shape index (κ3) is 2.89. The van der Waals surface area contributed by atoms with Crippen LogP contribution >= 0.6 is 0 Å². The fraction of sp³-hybridized carbons (Fsp3) is 0.733. The molecule has 1 N–H and O–H groups in total. The van der Waals surface area contributed by atoms with Crippen molar-refractivity contribution in [2.45, 2.75) is 50.5 Å². The summed E-state index contributed by atoms with van der Waals surface area (Å²) < 4.78 is 0. The first-order chi connectivity index (χ1) is 9.36. The molecular formula is C15H24N4. The molecule has 4 nitrogen and oxygen atoms in total. The zero-order chi connectivity index (χ0) is 13.1. The summed E-state index contributed by atoms with van der Waals surface area (Å²) in [6, 6.07) is 2.90. The van der Waals surface area contributed by atoms with Gasteiger partial charge < -0.3 is 10.2 Å². The number of hydrogen-bond donors (Lipinski definition) is 1. The van der Waals surface area contributed by atoms with Crippen molar-refractivity contribution in [1.29, 1.82) is 0 Å². The average Bonchev–Trinajstić information content (AvgIpc) is 2.97. The molecule has 2 fully saturated rings. The van der Waals surface area contributed by atoms with E-state index >= 15 is 0 Å². The van der Waals surface area contributed by atoms with Crippen LogP contribution in [0.25, 0.3) is 0 Å². The maximum Gasteiger partial charge on any atom is 0.0730 e. The van der Waals surface area contributed by atoms with Crippen molar-refractivity contribution in [3.63, 3.8) is 0 Å². The zero-order valence-electron chi connectivity index (χ0n) is 11.8. The Morgan fingerprint density at radius 2 is 2.05 bits per heavy atom. The summed E-state index contributed by atoms with van der Waals surface area (Å²) in [6.45, 7) is 2.22. The van der Waals surface area contributed by atoms with E-state index in [1.54, 1.807) is 0 Å². The summed E-state index contributed by atoms with van der Waals surface area (Å²) in [5.41, 5.74) is 2.47. The lowest BCUT2D eigenvalue weighted by Crippen LogP contribution is -2.29. The molecule has 2 aliphatic rings. The van der Waals surface area contributed by atoms with Gasteiger partial charge in [0.05, 0.1) is 17.6 Å². The molecule has 1 aliphatic heterocycles. The first kappa shape index (κ1) is 12.9. The van der Waals surface area contributed by atoms with E-state index in [9.17, 15) is 0 Å². The molecule has 0 amide bonds. The Morgan fingerprint density at radius 1 is 1.21 bits per heavy atom. The first-order valence-electron chi connectivity index (χ1n) is 7.61. The third-order valence-electron chi connectivity index (χ3n) is 4.64. The molecule has 0 unspecified atom stereocenters. The van der Waals surface area contributed by atoms with Crippen molar-refractivity contribution in [3.05, 3.63) is 18.0 Å². The van der Waals surface area contributed by atoms with Crippen LogP contribution in [-0.4, -0.2) is 36.4 Å². The number of hydrogen-bond acceptors (Lipinski definition) is 4. The second-order valence-electron chi connectivity index (χ2n) is 5.89. The summed E-state index contributed by atoms with van der Waals surface area (Å²) >= 11 is 0. The van der Waals surface area contributed by atoms with Crippen LogP contribution in [0.1, 0.15) is 50.1 Å². The van der Waals surface area contributed by atoms with Gasteiger partial charge in [-0.2, -0.15) is 10.2 Å². The lowest BCUT2D eigenvalue weighted by Gasteiger charge is -2.23. The third-order valence-corrected chi connectivity index (χ3v) is 4.64. The van der Waals surface area contributed by atoms with Crippen LogP contribution in [0.3, 0.4) is 0 Å². The molecule has 1 aromatic heterocycles. The Morgan fingerprint density at radius 3 is 2.79 bits per heavy atom. The quantitative estimate of drug-likeness (QED) is 0.905. The summed E-state index contributed by atoms with van der Waals surface area (Å²) in [5.74, 6) is 0.643. The van der Waals surface area contributed by atoms with Gasteiger partial charge in [-0.3, -0.25) is 0 Å². The van der Waals surface area contributed by atoms with Gasteiger partial charge in [-0.25, -0.2) is 0 Å². The molecule has 1 saturated carbocycles. The van der Waals surface area contributed by atoms with E-state index in [0.717, 1.165) is 13.1 Å². The van der Waals surface area contributed by atoms with Crippen LogP contribution in [0.4, 0.5) is 5.69 Å². The van der Waals surface area contributed by atoms with Gasteiger partial charge in [0.1, 0.15) is 0 Å². The number of aromatic nitrogens is 2. The second kappa shape index (κ2) is 5.87. The van der Waals surface area contributed by atoms with Gasteiger partial charge >= 0.3 is 0 Å². The molecule has 1 atom stereocenters. The fourth-order valence-electron chi connectivity index (χ4n) is 3.37. The van der Waals surface area contributed by atoms with E-state index in [2.05, 4.69) is 26.5 Å². The van der Waals surface area contributed by atoms with Gasteiger partial charge in [0.25, 0.3) is 0 Å². The summed E-state index contributed by atoms with van der Waals surface area (Å²) in [4.78, 5) is 2.43. The van der Waals surface area contributed by atoms with Gasteiger partial charge in [-0.15, -0.1) is 0 Å². The van der Waals surface area contributed by atoms with Crippen LogP contribution in [0, 0.1) is 0 Å². The highest BCUT2D eigenvalue weighted by Gasteiger charge is 2.23. The van der Waals surface area contributed by atoms with Crippen molar-refractivity contribution in [2.75, 3.05) is 25.0 Å². The molecule has 1 aromatic rings. The monoisotopic (exact) mass is 260 g/mol. The van der Waals surface area contributed by atoms with Gasteiger partial charge in [0.2, 0.25) is 0 Å². The molecule has 0 spiro atoms. The predicted molar refractivity (Wildman–Crippen MR) is 77.5 cm³/mol. The lowest BCUT2D eigenvalue weighted by molar-refractivity contribution is 0.434. The topological polar surface area (TPSA) is 41.0 Å². The van der Waals surface area contributed by atoms with Crippen LogP contribution in [0.15, 0.2) is 12.3 Å². The molecule has 2 heterocycles. The van der Waals surface area contributed by atoms with E-state index in [1.807, 2.05) is 13.2 Å². The first-order valence-corrected chi connectivity index (χ1v) is 7.61. The molecule has 19 heavy (non-hydrogen) atoms. The Bertz CT molecular complexity index is 414.